The zero-order valence-corrected chi connectivity index (χ0v) is 15.8. The average Bonchev–Trinajstić information content (AvgIpc) is 2.63. The molecule has 2 aromatic rings. The van der Waals surface area contributed by atoms with E-state index in [1.807, 2.05) is 12.1 Å². The Labute approximate surface area is 157 Å². The predicted octanol–water partition coefficient (Wildman–Crippen LogP) is 4.73. The minimum Gasteiger partial charge on any atom is -0.508 e. The molecule has 25 heavy (non-hydrogen) atoms. The number of fused-ring (bicyclic) bond motifs is 4. The molecule has 0 saturated carbocycles. The summed E-state index contributed by atoms with van der Waals surface area (Å²) >= 11 is 0. The molecule has 0 amide bonds. The van der Waals surface area contributed by atoms with Crippen molar-refractivity contribution in [1.82, 2.24) is 4.90 Å². The van der Waals surface area contributed by atoms with E-state index >= 15 is 0 Å². The molecule has 1 N–H and O–H groups in total. The first-order valence-corrected chi connectivity index (χ1v) is 9.30. The van der Waals surface area contributed by atoms with Crippen LogP contribution in [0.5, 0.6) is 5.75 Å². The lowest BCUT2D eigenvalue weighted by molar-refractivity contribution is 0.0781. The molecule has 1 fully saturated rings. The second-order valence-corrected chi connectivity index (χ2v) is 7.56. The number of phenols is 1. The van der Waals surface area contributed by atoms with Crippen molar-refractivity contribution in [1.29, 1.82) is 0 Å². The smallest absolute Gasteiger partial charge is 0.115 e. The van der Waals surface area contributed by atoms with Crippen LogP contribution in [0.25, 0.3) is 0 Å². The van der Waals surface area contributed by atoms with Crippen molar-refractivity contribution in [3.05, 3.63) is 65.2 Å². The van der Waals surface area contributed by atoms with Crippen LogP contribution in [0.3, 0.4) is 0 Å². The highest BCUT2D eigenvalue weighted by Gasteiger charge is 2.44. The Morgan fingerprint density at radius 1 is 1.16 bits per heavy atom. The maximum atomic E-state index is 9.95. The average molecular weight is 358 g/mol. The molecule has 2 aromatic carbocycles. The van der Waals surface area contributed by atoms with Gasteiger partial charge in [-0.25, -0.2) is 0 Å². The van der Waals surface area contributed by atoms with E-state index in [9.17, 15) is 5.11 Å². The third kappa shape index (κ3) is 3.43. The first-order chi connectivity index (χ1) is 11.7. The van der Waals surface area contributed by atoms with Crippen molar-refractivity contribution in [2.24, 2.45) is 0 Å². The number of rotatable bonds is 4. The molecule has 3 heteroatoms. The van der Waals surface area contributed by atoms with Gasteiger partial charge in [-0.15, -0.1) is 12.4 Å². The second kappa shape index (κ2) is 7.39. The van der Waals surface area contributed by atoms with Gasteiger partial charge in [-0.1, -0.05) is 43.3 Å². The number of piperidine rings is 1. The highest BCUT2D eigenvalue weighted by atomic mass is 35.5. The molecule has 0 aromatic heterocycles. The summed E-state index contributed by atoms with van der Waals surface area (Å²) in [5.41, 5.74) is 4.59. The van der Waals surface area contributed by atoms with E-state index in [1.165, 1.54) is 42.5 Å². The molecule has 2 nitrogen and oxygen atoms in total. The minimum atomic E-state index is 0. The number of halogens is 1. The number of hydrogen-bond acceptors (Lipinski definition) is 2. The second-order valence-electron chi connectivity index (χ2n) is 7.56. The zero-order chi connectivity index (χ0) is 16.6. The van der Waals surface area contributed by atoms with Crippen molar-refractivity contribution in [3.63, 3.8) is 0 Å². The van der Waals surface area contributed by atoms with Crippen molar-refractivity contribution < 1.29 is 5.11 Å². The van der Waals surface area contributed by atoms with Gasteiger partial charge in [0.05, 0.1) is 0 Å². The third-order valence-electron chi connectivity index (χ3n) is 6.35. The van der Waals surface area contributed by atoms with Crippen LogP contribution in [-0.4, -0.2) is 29.1 Å². The predicted molar refractivity (Wildman–Crippen MR) is 106 cm³/mol. The van der Waals surface area contributed by atoms with E-state index in [-0.39, 0.29) is 17.8 Å². The van der Waals surface area contributed by atoms with Crippen molar-refractivity contribution >= 4 is 12.4 Å². The van der Waals surface area contributed by atoms with Gasteiger partial charge >= 0.3 is 0 Å². The standard InChI is InChI=1S/C22H27NO.ClH/c1-2-22-11-13-23(12-10-17-6-4-3-5-7-17)19(16-22)14-18-8-9-20(24)15-21(18)22;/h3-9,15,19,24H,2,10-14,16H2,1H3;1H. The summed E-state index contributed by atoms with van der Waals surface area (Å²) in [4.78, 5) is 2.71. The van der Waals surface area contributed by atoms with E-state index in [4.69, 9.17) is 0 Å². The molecule has 0 radical (unpaired) electrons. The number of phenolic OH excluding ortho intramolecular Hbond substituents is 1. The lowest BCUT2D eigenvalue weighted by atomic mass is 9.62. The molecule has 1 saturated heterocycles. The van der Waals surface area contributed by atoms with Crippen molar-refractivity contribution in [2.75, 3.05) is 13.1 Å². The number of likely N-dealkylation sites (tertiary alicyclic amines) is 1. The van der Waals surface area contributed by atoms with Crippen LogP contribution in [0, 0.1) is 0 Å². The van der Waals surface area contributed by atoms with Gasteiger partial charge in [0.1, 0.15) is 5.75 Å². The van der Waals surface area contributed by atoms with Gasteiger partial charge in [0.2, 0.25) is 0 Å². The maximum absolute atomic E-state index is 9.95. The number of aromatic hydroxyl groups is 1. The van der Waals surface area contributed by atoms with E-state index in [1.54, 1.807) is 0 Å². The molecule has 4 rings (SSSR count). The first kappa shape index (κ1) is 18.3. The highest BCUT2D eigenvalue weighted by Crippen LogP contribution is 2.47. The lowest BCUT2D eigenvalue weighted by Crippen LogP contribution is -2.53. The van der Waals surface area contributed by atoms with Gasteiger partial charge in [0.25, 0.3) is 0 Å². The molecule has 2 bridgehead atoms. The fraction of sp³-hybridized carbons (Fsp3) is 0.455. The van der Waals surface area contributed by atoms with Crippen LogP contribution in [0.2, 0.25) is 0 Å². The molecule has 0 spiro atoms. The molecule has 1 heterocycles. The Morgan fingerprint density at radius 2 is 1.96 bits per heavy atom. The van der Waals surface area contributed by atoms with Crippen molar-refractivity contribution in [2.45, 2.75) is 50.5 Å². The number of hydrogen-bond donors (Lipinski definition) is 1. The Balaban J connectivity index is 0.00000182. The van der Waals surface area contributed by atoms with Crippen LogP contribution in [0.4, 0.5) is 0 Å². The Morgan fingerprint density at radius 3 is 2.72 bits per heavy atom. The van der Waals surface area contributed by atoms with E-state index < -0.39 is 0 Å². The number of nitrogens with zero attached hydrogens (tertiary/aromatic N) is 1. The maximum Gasteiger partial charge on any atom is 0.115 e. The van der Waals surface area contributed by atoms with E-state index in [0.29, 0.717) is 11.8 Å². The van der Waals surface area contributed by atoms with Crippen LogP contribution >= 0.6 is 12.4 Å². The van der Waals surface area contributed by atoms with Gasteiger partial charge in [0.15, 0.2) is 0 Å². The Bertz CT molecular complexity index is 717. The van der Waals surface area contributed by atoms with Crippen LogP contribution in [-0.2, 0) is 18.3 Å². The van der Waals surface area contributed by atoms with Gasteiger partial charge in [-0.2, -0.15) is 0 Å². The third-order valence-corrected chi connectivity index (χ3v) is 6.35. The van der Waals surface area contributed by atoms with Gasteiger partial charge in [0, 0.05) is 12.6 Å². The van der Waals surface area contributed by atoms with Crippen LogP contribution in [0.1, 0.15) is 42.9 Å². The SMILES string of the molecule is CCC12CCN(CCc3ccccc3)C(Cc3ccc(O)cc31)C2.Cl. The summed E-state index contributed by atoms with van der Waals surface area (Å²) in [5.74, 6) is 0.423. The molecule has 2 unspecified atom stereocenters. The number of benzene rings is 2. The van der Waals surface area contributed by atoms with Crippen LogP contribution in [0.15, 0.2) is 48.5 Å². The molecule has 134 valence electrons. The van der Waals surface area contributed by atoms with Crippen LogP contribution < -0.4 is 0 Å². The summed E-state index contributed by atoms with van der Waals surface area (Å²) in [7, 11) is 0. The summed E-state index contributed by atoms with van der Waals surface area (Å²) in [6.45, 7) is 4.65. The summed E-state index contributed by atoms with van der Waals surface area (Å²) in [5, 5.41) is 9.95. The van der Waals surface area contributed by atoms with E-state index in [0.717, 1.165) is 19.4 Å². The fourth-order valence-electron chi connectivity index (χ4n) is 4.88. The molecule has 1 aliphatic carbocycles. The summed E-state index contributed by atoms with van der Waals surface area (Å²) in [6, 6.07) is 17.5. The largest absolute Gasteiger partial charge is 0.508 e. The van der Waals surface area contributed by atoms with Gasteiger partial charge in [-0.05, 0) is 72.9 Å². The topological polar surface area (TPSA) is 23.5 Å². The quantitative estimate of drug-likeness (QED) is 0.855. The molecule has 2 atom stereocenters. The first-order valence-electron chi connectivity index (χ1n) is 9.30. The molecule has 2 aliphatic rings. The normalized spacial score (nSPS) is 25.1. The van der Waals surface area contributed by atoms with Gasteiger partial charge in [-0.3, -0.25) is 4.90 Å². The monoisotopic (exact) mass is 357 g/mol. The zero-order valence-electron chi connectivity index (χ0n) is 14.9. The van der Waals surface area contributed by atoms with Crippen molar-refractivity contribution in [3.8, 4) is 5.75 Å². The lowest BCUT2D eigenvalue weighted by Gasteiger charge is -2.51. The van der Waals surface area contributed by atoms with Gasteiger partial charge < -0.3 is 5.11 Å². The summed E-state index contributed by atoms with van der Waals surface area (Å²) < 4.78 is 0. The molecule has 1 aliphatic heterocycles. The highest BCUT2D eigenvalue weighted by molar-refractivity contribution is 5.85. The Hall–Kier alpha value is -1.51. The Kier molecular flexibility index (Phi) is 5.41. The fourth-order valence-corrected chi connectivity index (χ4v) is 4.88. The summed E-state index contributed by atoms with van der Waals surface area (Å²) in [6.07, 6.45) is 5.90. The minimum absolute atomic E-state index is 0. The molecular weight excluding hydrogens is 330 g/mol. The molecular formula is C22H28ClNO. The van der Waals surface area contributed by atoms with E-state index in [2.05, 4.69) is 48.2 Å².